The number of halogens is 1. The van der Waals surface area contributed by atoms with Crippen LogP contribution in [0.15, 0.2) is 18.3 Å². The molecule has 1 aliphatic carbocycles. The Kier molecular flexibility index (Phi) is 1.67. The SMILES string of the molecule is CC1(n2cccc2C(=O)O)CC1Cl. The molecule has 1 aromatic heterocycles. The van der Waals surface area contributed by atoms with E-state index in [-0.39, 0.29) is 10.9 Å². The second-order valence-corrected chi connectivity index (χ2v) is 4.12. The second-order valence-electron chi connectivity index (χ2n) is 3.60. The van der Waals surface area contributed by atoms with Gasteiger partial charge in [0.05, 0.1) is 10.9 Å². The first-order chi connectivity index (χ1) is 6.05. The van der Waals surface area contributed by atoms with Crippen LogP contribution in [0.2, 0.25) is 0 Å². The topological polar surface area (TPSA) is 42.2 Å². The van der Waals surface area contributed by atoms with Crippen molar-refractivity contribution in [3.8, 4) is 0 Å². The van der Waals surface area contributed by atoms with Crippen LogP contribution in [0, 0.1) is 0 Å². The maximum atomic E-state index is 10.8. The number of aromatic nitrogens is 1. The maximum Gasteiger partial charge on any atom is 0.352 e. The molecule has 0 aromatic carbocycles. The molecule has 70 valence electrons. The molecule has 0 amide bonds. The molecule has 4 heteroatoms. The van der Waals surface area contributed by atoms with Crippen molar-refractivity contribution in [2.45, 2.75) is 24.3 Å². The standard InChI is InChI=1S/C9H10ClNO2/c1-9(5-7(9)10)11-4-2-3-6(11)8(12)13/h2-4,7H,5H2,1H3,(H,12,13). The first-order valence-corrected chi connectivity index (χ1v) is 4.54. The normalized spacial score (nSPS) is 31.7. The molecule has 2 unspecified atom stereocenters. The number of hydrogen-bond acceptors (Lipinski definition) is 1. The van der Waals surface area contributed by atoms with Crippen molar-refractivity contribution in [2.24, 2.45) is 0 Å². The number of carbonyl (C=O) groups is 1. The van der Waals surface area contributed by atoms with Gasteiger partial charge in [0.15, 0.2) is 0 Å². The highest BCUT2D eigenvalue weighted by Crippen LogP contribution is 2.48. The Balaban J connectivity index is 2.41. The van der Waals surface area contributed by atoms with Gasteiger partial charge in [0.2, 0.25) is 0 Å². The minimum atomic E-state index is -0.901. The molecule has 0 radical (unpaired) electrons. The summed E-state index contributed by atoms with van der Waals surface area (Å²) in [5.74, 6) is -0.901. The van der Waals surface area contributed by atoms with Gasteiger partial charge in [-0.2, -0.15) is 0 Å². The molecule has 2 atom stereocenters. The average molecular weight is 200 g/mol. The van der Waals surface area contributed by atoms with Crippen molar-refractivity contribution >= 4 is 17.6 Å². The Morgan fingerprint density at radius 1 is 1.85 bits per heavy atom. The molecule has 1 N–H and O–H groups in total. The predicted molar refractivity (Wildman–Crippen MR) is 49.3 cm³/mol. The van der Waals surface area contributed by atoms with Gasteiger partial charge in [-0.3, -0.25) is 0 Å². The summed E-state index contributed by atoms with van der Waals surface area (Å²) in [4.78, 5) is 10.8. The van der Waals surface area contributed by atoms with Crippen molar-refractivity contribution in [1.82, 2.24) is 4.57 Å². The van der Waals surface area contributed by atoms with E-state index in [0.29, 0.717) is 5.69 Å². The molecule has 3 nitrogen and oxygen atoms in total. The number of aromatic carboxylic acids is 1. The van der Waals surface area contributed by atoms with Crippen LogP contribution in [0.1, 0.15) is 23.8 Å². The van der Waals surface area contributed by atoms with E-state index in [0.717, 1.165) is 6.42 Å². The number of carboxylic acid groups (broad SMARTS) is 1. The number of hydrogen-bond donors (Lipinski definition) is 1. The minimum absolute atomic E-state index is 0.0537. The molecule has 1 heterocycles. The molecule has 1 aromatic rings. The molecular formula is C9H10ClNO2. The Bertz CT molecular complexity index is 360. The summed E-state index contributed by atoms with van der Waals surface area (Å²) < 4.78 is 1.74. The van der Waals surface area contributed by atoms with Crippen LogP contribution in [0.5, 0.6) is 0 Å². The molecule has 1 fully saturated rings. The van der Waals surface area contributed by atoms with Gasteiger partial charge in [-0.1, -0.05) is 0 Å². The fourth-order valence-electron chi connectivity index (χ4n) is 1.55. The zero-order valence-corrected chi connectivity index (χ0v) is 7.95. The third-order valence-electron chi connectivity index (χ3n) is 2.63. The smallest absolute Gasteiger partial charge is 0.352 e. The summed E-state index contributed by atoms with van der Waals surface area (Å²) in [7, 11) is 0. The van der Waals surface area contributed by atoms with Crippen LogP contribution in [0.25, 0.3) is 0 Å². The van der Waals surface area contributed by atoms with Crippen molar-refractivity contribution in [3.05, 3.63) is 24.0 Å². The van der Waals surface area contributed by atoms with E-state index in [2.05, 4.69) is 0 Å². The van der Waals surface area contributed by atoms with Gasteiger partial charge >= 0.3 is 5.97 Å². The van der Waals surface area contributed by atoms with E-state index in [1.54, 1.807) is 22.9 Å². The van der Waals surface area contributed by atoms with Crippen LogP contribution in [0.3, 0.4) is 0 Å². The molecule has 0 aliphatic heterocycles. The number of nitrogens with zero attached hydrogens (tertiary/aromatic N) is 1. The van der Waals surface area contributed by atoms with Gasteiger partial charge in [-0.25, -0.2) is 4.79 Å². The van der Waals surface area contributed by atoms with Gasteiger partial charge < -0.3 is 9.67 Å². The summed E-state index contributed by atoms with van der Waals surface area (Å²) in [6.45, 7) is 1.97. The first-order valence-electron chi connectivity index (χ1n) is 4.11. The molecule has 1 saturated carbocycles. The van der Waals surface area contributed by atoms with Crippen molar-refractivity contribution < 1.29 is 9.90 Å². The number of alkyl halides is 1. The van der Waals surface area contributed by atoms with Crippen LogP contribution in [-0.4, -0.2) is 21.0 Å². The van der Waals surface area contributed by atoms with Crippen LogP contribution >= 0.6 is 11.6 Å². The van der Waals surface area contributed by atoms with Gasteiger partial charge in [0, 0.05) is 6.20 Å². The number of rotatable bonds is 2. The summed E-state index contributed by atoms with van der Waals surface area (Å²) in [6.07, 6.45) is 2.61. The van der Waals surface area contributed by atoms with Crippen LogP contribution < -0.4 is 0 Å². The van der Waals surface area contributed by atoms with Gasteiger partial charge in [-0.05, 0) is 25.5 Å². The highest BCUT2D eigenvalue weighted by atomic mass is 35.5. The Morgan fingerprint density at radius 3 is 2.92 bits per heavy atom. The summed E-state index contributed by atoms with van der Waals surface area (Å²) >= 11 is 5.95. The third kappa shape index (κ3) is 1.15. The van der Waals surface area contributed by atoms with Crippen molar-refractivity contribution in [3.63, 3.8) is 0 Å². The summed E-state index contributed by atoms with van der Waals surface area (Å²) in [5, 5.41) is 8.92. The minimum Gasteiger partial charge on any atom is -0.477 e. The largest absolute Gasteiger partial charge is 0.477 e. The van der Waals surface area contributed by atoms with Crippen molar-refractivity contribution in [2.75, 3.05) is 0 Å². The first kappa shape index (κ1) is 8.63. The molecule has 0 spiro atoms. The average Bonchev–Trinajstić information content (AvgIpc) is 2.54. The fraction of sp³-hybridized carbons (Fsp3) is 0.444. The lowest BCUT2D eigenvalue weighted by atomic mass is 10.3. The van der Waals surface area contributed by atoms with E-state index < -0.39 is 5.97 Å². The fourth-order valence-corrected chi connectivity index (χ4v) is 1.97. The quantitative estimate of drug-likeness (QED) is 0.740. The van der Waals surface area contributed by atoms with Crippen LogP contribution in [-0.2, 0) is 5.54 Å². The van der Waals surface area contributed by atoms with Gasteiger partial charge in [0.25, 0.3) is 0 Å². The molecule has 13 heavy (non-hydrogen) atoms. The third-order valence-corrected chi connectivity index (χ3v) is 3.25. The Labute approximate surface area is 80.9 Å². The Morgan fingerprint density at radius 2 is 2.46 bits per heavy atom. The van der Waals surface area contributed by atoms with Crippen LogP contribution in [0.4, 0.5) is 0 Å². The summed E-state index contributed by atoms with van der Waals surface area (Å²) in [6, 6.07) is 3.33. The van der Waals surface area contributed by atoms with E-state index in [4.69, 9.17) is 16.7 Å². The van der Waals surface area contributed by atoms with E-state index in [1.165, 1.54) is 0 Å². The molecule has 1 aliphatic rings. The number of carboxylic acids is 1. The second kappa shape index (κ2) is 2.51. The van der Waals surface area contributed by atoms with E-state index in [9.17, 15) is 4.79 Å². The van der Waals surface area contributed by atoms with Crippen molar-refractivity contribution in [1.29, 1.82) is 0 Å². The lowest BCUT2D eigenvalue weighted by Crippen LogP contribution is -2.19. The van der Waals surface area contributed by atoms with Gasteiger partial charge in [0.1, 0.15) is 5.69 Å². The predicted octanol–water partition coefficient (Wildman–Crippen LogP) is 1.91. The summed E-state index contributed by atoms with van der Waals surface area (Å²) in [5.41, 5.74) is 0.115. The lowest BCUT2D eigenvalue weighted by Gasteiger charge is -2.14. The van der Waals surface area contributed by atoms with E-state index >= 15 is 0 Å². The highest BCUT2D eigenvalue weighted by Gasteiger charge is 2.51. The maximum absolute atomic E-state index is 10.8. The molecule has 0 bridgehead atoms. The lowest BCUT2D eigenvalue weighted by molar-refractivity contribution is 0.0682. The highest BCUT2D eigenvalue weighted by molar-refractivity contribution is 6.23. The van der Waals surface area contributed by atoms with E-state index in [1.807, 2.05) is 6.92 Å². The molecule has 2 rings (SSSR count). The molecular weight excluding hydrogens is 190 g/mol. The zero-order chi connectivity index (χ0) is 9.64. The zero-order valence-electron chi connectivity index (χ0n) is 7.20. The Hall–Kier alpha value is -0.960. The molecule has 0 saturated heterocycles. The monoisotopic (exact) mass is 199 g/mol. The van der Waals surface area contributed by atoms with Gasteiger partial charge in [-0.15, -0.1) is 11.6 Å².